The lowest BCUT2D eigenvalue weighted by molar-refractivity contribution is 0.288. The third-order valence-corrected chi connectivity index (χ3v) is 2.56. The first-order valence-electron chi connectivity index (χ1n) is 5.54. The van der Waals surface area contributed by atoms with Crippen molar-refractivity contribution in [1.29, 1.82) is 0 Å². The van der Waals surface area contributed by atoms with E-state index in [1.165, 1.54) is 0 Å². The van der Waals surface area contributed by atoms with Crippen molar-refractivity contribution < 1.29 is 4.74 Å². The number of hydrogen-bond acceptors (Lipinski definition) is 3. The number of ether oxygens (including phenoxy) is 1. The Hall–Kier alpha value is -1.55. The van der Waals surface area contributed by atoms with Crippen LogP contribution >= 0.6 is 11.6 Å². The topological polar surface area (TPSA) is 39.9 Å². The fraction of sp³-hybridized carbons (Fsp3) is 0.333. The molecule has 4 nitrogen and oxygen atoms in total. The van der Waals surface area contributed by atoms with Crippen molar-refractivity contribution in [1.82, 2.24) is 14.8 Å². The summed E-state index contributed by atoms with van der Waals surface area (Å²) >= 11 is 5.87. The second-order valence-corrected chi connectivity index (χ2v) is 4.12. The van der Waals surface area contributed by atoms with Crippen molar-refractivity contribution in [3.05, 3.63) is 41.4 Å². The van der Waals surface area contributed by atoms with E-state index in [1.54, 1.807) is 12.4 Å². The summed E-state index contributed by atoms with van der Waals surface area (Å²) in [5.41, 5.74) is 0. The van der Waals surface area contributed by atoms with Gasteiger partial charge in [0.05, 0.1) is 0 Å². The van der Waals surface area contributed by atoms with Crippen LogP contribution in [0.5, 0.6) is 5.75 Å². The molecule has 0 unspecified atom stereocenters. The van der Waals surface area contributed by atoms with Crippen LogP contribution in [0.4, 0.5) is 0 Å². The maximum atomic E-state index is 5.87. The van der Waals surface area contributed by atoms with Crippen LogP contribution in [0.25, 0.3) is 0 Å². The van der Waals surface area contributed by atoms with Gasteiger partial charge < -0.3 is 9.30 Å². The molecule has 90 valence electrons. The Balaban J connectivity index is 1.99. The van der Waals surface area contributed by atoms with Gasteiger partial charge in [-0.15, -0.1) is 10.2 Å². The van der Waals surface area contributed by atoms with Crippen molar-refractivity contribution in [2.24, 2.45) is 0 Å². The number of halogens is 1. The number of aromatic nitrogens is 3. The molecule has 0 aliphatic heterocycles. The summed E-state index contributed by atoms with van der Waals surface area (Å²) in [6.45, 7) is 3.42. The molecular weight excluding hydrogens is 238 g/mol. The molecule has 2 rings (SSSR count). The number of aryl methyl sites for hydroxylation is 1. The van der Waals surface area contributed by atoms with Crippen molar-refractivity contribution in [3.63, 3.8) is 0 Å². The third-order valence-electron chi connectivity index (χ3n) is 2.32. The average Bonchev–Trinajstić information content (AvgIpc) is 2.75. The molecule has 5 heteroatoms. The van der Waals surface area contributed by atoms with E-state index in [1.807, 2.05) is 22.8 Å². The molecular formula is C12H14ClN3O. The van der Waals surface area contributed by atoms with Crippen molar-refractivity contribution in [2.45, 2.75) is 26.5 Å². The molecule has 17 heavy (non-hydrogen) atoms. The van der Waals surface area contributed by atoms with Gasteiger partial charge in [0.1, 0.15) is 18.7 Å². The lowest BCUT2D eigenvalue weighted by atomic mass is 10.3. The third kappa shape index (κ3) is 3.20. The van der Waals surface area contributed by atoms with Gasteiger partial charge in [-0.3, -0.25) is 0 Å². The van der Waals surface area contributed by atoms with Gasteiger partial charge in [0.2, 0.25) is 0 Å². The SMILES string of the molecule is CCCn1cnnc1COc1cccc(Cl)c1. The van der Waals surface area contributed by atoms with Crippen LogP contribution in [0.3, 0.4) is 0 Å². The van der Waals surface area contributed by atoms with E-state index in [-0.39, 0.29) is 0 Å². The first-order valence-corrected chi connectivity index (χ1v) is 5.92. The number of hydrogen-bond donors (Lipinski definition) is 0. The zero-order valence-corrected chi connectivity index (χ0v) is 10.4. The minimum atomic E-state index is 0.403. The molecule has 0 saturated heterocycles. The summed E-state index contributed by atoms with van der Waals surface area (Å²) < 4.78 is 7.60. The molecule has 0 atom stereocenters. The molecule has 0 aliphatic rings. The molecule has 0 spiro atoms. The van der Waals surface area contributed by atoms with Gasteiger partial charge in [-0.2, -0.15) is 0 Å². The van der Waals surface area contributed by atoms with Crippen LogP contribution < -0.4 is 4.74 Å². The Labute approximate surface area is 105 Å². The largest absolute Gasteiger partial charge is 0.486 e. The Morgan fingerprint density at radius 1 is 1.41 bits per heavy atom. The maximum absolute atomic E-state index is 5.87. The highest BCUT2D eigenvalue weighted by Gasteiger charge is 2.04. The van der Waals surface area contributed by atoms with E-state index in [9.17, 15) is 0 Å². The predicted molar refractivity (Wildman–Crippen MR) is 66.1 cm³/mol. The van der Waals surface area contributed by atoms with Gasteiger partial charge >= 0.3 is 0 Å². The minimum Gasteiger partial charge on any atom is -0.486 e. The molecule has 0 saturated carbocycles. The van der Waals surface area contributed by atoms with Gasteiger partial charge in [-0.1, -0.05) is 24.6 Å². The van der Waals surface area contributed by atoms with Crippen LogP contribution in [0, 0.1) is 0 Å². The molecule has 0 N–H and O–H groups in total. The van der Waals surface area contributed by atoms with Crippen LogP contribution in [0.1, 0.15) is 19.2 Å². The second-order valence-electron chi connectivity index (χ2n) is 3.69. The zero-order chi connectivity index (χ0) is 12.1. The molecule has 1 aromatic carbocycles. The highest BCUT2D eigenvalue weighted by atomic mass is 35.5. The average molecular weight is 252 g/mol. The smallest absolute Gasteiger partial charge is 0.170 e. The quantitative estimate of drug-likeness (QED) is 0.820. The molecule has 0 radical (unpaired) electrons. The van der Waals surface area contributed by atoms with E-state index in [2.05, 4.69) is 17.1 Å². The summed E-state index contributed by atoms with van der Waals surface area (Å²) in [5.74, 6) is 1.57. The fourth-order valence-electron chi connectivity index (χ4n) is 1.52. The molecule has 0 aliphatic carbocycles. The van der Waals surface area contributed by atoms with Crippen LogP contribution in [0.2, 0.25) is 5.02 Å². The Morgan fingerprint density at radius 2 is 2.29 bits per heavy atom. The maximum Gasteiger partial charge on any atom is 0.170 e. The summed E-state index contributed by atoms with van der Waals surface area (Å²) in [7, 11) is 0. The fourth-order valence-corrected chi connectivity index (χ4v) is 1.70. The Bertz CT molecular complexity index is 484. The first kappa shape index (κ1) is 11.9. The van der Waals surface area contributed by atoms with Gasteiger partial charge in [-0.25, -0.2) is 0 Å². The molecule has 1 heterocycles. The Morgan fingerprint density at radius 3 is 3.06 bits per heavy atom. The summed E-state index contributed by atoms with van der Waals surface area (Å²) in [6, 6.07) is 7.32. The molecule has 0 amide bonds. The lowest BCUT2D eigenvalue weighted by Gasteiger charge is -2.07. The second kappa shape index (κ2) is 5.68. The van der Waals surface area contributed by atoms with E-state index in [4.69, 9.17) is 16.3 Å². The lowest BCUT2D eigenvalue weighted by Crippen LogP contribution is -2.06. The highest BCUT2D eigenvalue weighted by Crippen LogP contribution is 2.18. The van der Waals surface area contributed by atoms with Gasteiger partial charge in [0.25, 0.3) is 0 Å². The highest BCUT2D eigenvalue weighted by molar-refractivity contribution is 6.30. The van der Waals surface area contributed by atoms with Gasteiger partial charge in [0.15, 0.2) is 5.82 Å². The van der Waals surface area contributed by atoms with Crippen molar-refractivity contribution in [2.75, 3.05) is 0 Å². The van der Waals surface area contributed by atoms with Gasteiger partial charge in [0, 0.05) is 11.6 Å². The molecule has 0 fully saturated rings. The zero-order valence-electron chi connectivity index (χ0n) is 9.64. The van der Waals surface area contributed by atoms with Crippen LogP contribution in [-0.2, 0) is 13.2 Å². The van der Waals surface area contributed by atoms with Crippen LogP contribution in [-0.4, -0.2) is 14.8 Å². The van der Waals surface area contributed by atoms with E-state index >= 15 is 0 Å². The summed E-state index contributed by atoms with van der Waals surface area (Å²) in [5, 5.41) is 8.57. The first-order chi connectivity index (χ1) is 8.29. The standard InChI is InChI=1S/C12H14ClN3O/c1-2-6-16-9-14-15-12(16)8-17-11-5-3-4-10(13)7-11/h3-5,7,9H,2,6,8H2,1H3. The monoisotopic (exact) mass is 251 g/mol. The summed E-state index contributed by atoms with van der Waals surface area (Å²) in [6.07, 6.45) is 2.77. The van der Waals surface area contributed by atoms with Crippen molar-refractivity contribution >= 4 is 11.6 Å². The normalized spacial score (nSPS) is 10.5. The van der Waals surface area contributed by atoms with Gasteiger partial charge in [-0.05, 0) is 24.6 Å². The minimum absolute atomic E-state index is 0.403. The summed E-state index contributed by atoms with van der Waals surface area (Å²) in [4.78, 5) is 0. The van der Waals surface area contributed by atoms with E-state index in [0.29, 0.717) is 11.6 Å². The van der Waals surface area contributed by atoms with E-state index in [0.717, 1.165) is 24.5 Å². The molecule has 1 aromatic heterocycles. The number of rotatable bonds is 5. The van der Waals surface area contributed by atoms with E-state index < -0.39 is 0 Å². The van der Waals surface area contributed by atoms with Crippen LogP contribution in [0.15, 0.2) is 30.6 Å². The predicted octanol–water partition coefficient (Wildman–Crippen LogP) is 2.92. The number of benzene rings is 1. The molecule has 0 bridgehead atoms. The Kier molecular flexibility index (Phi) is 3.98. The molecule has 2 aromatic rings. The number of nitrogens with zero attached hydrogens (tertiary/aromatic N) is 3. The van der Waals surface area contributed by atoms with Crippen molar-refractivity contribution in [3.8, 4) is 5.75 Å².